The zero-order valence-electron chi connectivity index (χ0n) is 14.5. The summed E-state index contributed by atoms with van der Waals surface area (Å²) in [5, 5.41) is 10.9. The Morgan fingerprint density at radius 1 is 1.08 bits per heavy atom. The first-order valence-electron chi connectivity index (χ1n) is 8.83. The molecule has 0 unspecified atom stereocenters. The van der Waals surface area contributed by atoms with E-state index < -0.39 is 0 Å². The topological polar surface area (TPSA) is 69.8 Å². The Bertz CT molecular complexity index is 908. The molecular weight excluding hydrogens is 330 g/mol. The largest absolute Gasteiger partial charge is 0.506 e. The van der Waals surface area contributed by atoms with Gasteiger partial charge < -0.3 is 14.4 Å². The first-order valence-corrected chi connectivity index (χ1v) is 8.83. The van der Waals surface area contributed by atoms with Gasteiger partial charge in [-0.3, -0.25) is 9.69 Å². The molecule has 1 saturated heterocycles. The molecule has 1 aromatic carbocycles. The van der Waals surface area contributed by atoms with Crippen LogP contribution in [0.2, 0.25) is 0 Å². The van der Waals surface area contributed by atoms with Gasteiger partial charge in [0.05, 0.1) is 12.0 Å². The highest BCUT2D eigenvalue weighted by Gasteiger charge is 2.22. The van der Waals surface area contributed by atoms with Crippen molar-refractivity contribution in [2.75, 3.05) is 26.2 Å². The summed E-state index contributed by atoms with van der Waals surface area (Å²) in [4.78, 5) is 21.2. The predicted octanol–water partition coefficient (Wildman–Crippen LogP) is 2.88. The van der Waals surface area contributed by atoms with Crippen molar-refractivity contribution in [1.29, 1.82) is 0 Å². The van der Waals surface area contributed by atoms with Gasteiger partial charge in [0.1, 0.15) is 11.3 Å². The fraction of sp³-hybridized carbons (Fsp3) is 0.300. The van der Waals surface area contributed by atoms with Crippen LogP contribution in [-0.2, 0) is 6.54 Å². The molecule has 1 amide bonds. The number of rotatable bonds is 3. The SMILES string of the molecule is O=C(c1ccco1)N1CCCN(Cc2ccc3cccc(O)c3n2)CC1. The van der Waals surface area contributed by atoms with Crippen LogP contribution in [0.3, 0.4) is 0 Å². The highest BCUT2D eigenvalue weighted by Crippen LogP contribution is 2.23. The summed E-state index contributed by atoms with van der Waals surface area (Å²) in [5.41, 5.74) is 1.55. The summed E-state index contributed by atoms with van der Waals surface area (Å²) >= 11 is 0. The van der Waals surface area contributed by atoms with Crippen molar-refractivity contribution < 1.29 is 14.3 Å². The molecule has 6 nitrogen and oxygen atoms in total. The maximum absolute atomic E-state index is 12.4. The fourth-order valence-corrected chi connectivity index (χ4v) is 3.38. The van der Waals surface area contributed by atoms with Gasteiger partial charge >= 0.3 is 0 Å². The van der Waals surface area contributed by atoms with Gasteiger partial charge in [-0.15, -0.1) is 0 Å². The van der Waals surface area contributed by atoms with Crippen LogP contribution in [0.1, 0.15) is 22.7 Å². The summed E-state index contributed by atoms with van der Waals surface area (Å²) in [6, 6.07) is 12.8. The number of amides is 1. The van der Waals surface area contributed by atoms with E-state index in [2.05, 4.69) is 9.88 Å². The molecule has 1 aliphatic heterocycles. The van der Waals surface area contributed by atoms with Crippen molar-refractivity contribution in [3.63, 3.8) is 0 Å². The molecule has 1 fully saturated rings. The van der Waals surface area contributed by atoms with Crippen molar-refractivity contribution in [2.24, 2.45) is 0 Å². The number of hydrogen-bond acceptors (Lipinski definition) is 5. The molecule has 3 aromatic rings. The molecule has 0 aliphatic carbocycles. The Balaban J connectivity index is 1.43. The number of fused-ring (bicyclic) bond motifs is 1. The van der Waals surface area contributed by atoms with E-state index in [-0.39, 0.29) is 11.7 Å². The van der Waals surface area contributed by atoms with Crippen LogP contribution < -0.4 is 0 Å². The molecule has 0 spiro atoms. The van der Waals surface area contributed by atoms with Gasteiger partial charge in [0, 0.05) is 38.1 Å². The third-order valence-electron chi connectivity index (χ3n) is 4.75. The van der Waals surface area contributed by atoms with Crippen LogP contribution in [0.25, 0.3) is 10.9 Å². The predicted molar refractivity (Wildman–Crippen MR) is 97.9 cm³/mol. The third kappa shape index (κ3) is 3.41. The number of hydrogen-bond donors (Lipinski definition) is 1. The first kappa shape index (κ1) is 16.6. The van der Waals surface area contributed by atoms with Crippen LogP contribution in [0.15, 0.2) is 53.1 Å². The second-order valence-corrected chi connectivity index (χ2v) is 6.55. The number of pyridine rings is 1. The third-order valence-corrected chi connectivity index (χ3v) is 4.75. The van der Waals surface area contributed by atoms with Crippen molar-refractivity contribution in [3.05, 3.63) is 60.2 Å². The van der Waals surface area contributed by atoms with Crippen LogP contribution in [0.4, 0.5) is 0 Å². The second-order valence-electron chi connectivity index (χ2n) is 6.55. The van der Waals surface area contributed by atoms with Gasteiger partial charge in [-0.2, -0.15) is 0 Å². The summed E-state index contributed by atoms with van der Waals surface area (Å²) in [6.45, 7) is 3.78. The lowest BCUT2D eigenvalue weighted by atomic mass is 10.2. The molecule has 0 bridgehead atoms. The number of phenolic OH excluding ortho intramolecular Hbond substituents is 1. The lowest BCUT2D eigenvalue weighted by molar-refractivity contribution is 0.0729. The molecule has 134 valence electrons. The summed E-state index contributed by atoms with van der Waals surface area (Å²) in [5.74, 6) is 0.547. The van der Waals surface area contributed by atoms with E-state index in [1.807, 2.05) is 29.2 Å². The quantitative estimate of drug-likeness (QED) is 0.786. The standard InChI is InChI=1S/C20H21N3O3/c24-17-5-1-4-15-7-8-16(21-19(15)17)14-22-9-3-10-23(12-11-22)20(25)18-6-2-13-26-18/h1-2,4-8,13,24H,3,9-12,14H2. The molecule has 2 aromatic heterocycles. The van der Waals surface area contributed by atoms with Crippen LogP contribution in [-0.4, -0.2) is 52.0 Å². The smallest absolute Gasteiger partial charge is 0.289 e. The molecule has 0 saturated carbocycles. The minimum Gasteiger partial charge on any atom is -0.506 e. The Morgan fingerprint density at radius 3 is 2.85 bits per heavy atom. The van der Waals surface area contributed by atoms with E-state index >= 15 is 0 Å². The highest BCUT2D eigenvalue weighted by atomic mass is 16.3. The van der Waals surface area contributed by atoms with Gasteiger partial charge in [-0.1, -0.05) is 18.2 Å². The Kier molecular flexibility index (Phi) is 4.58. The number of furan rings is 1. The number of nitrogens with zero attached hydrogens (tertiary/aromatic N) is 3. The molecule has 6 heteroatoms. The maximum Gasteiger partial charge on any atom is 0.289 e. The monoisotopic (exact) mass is 351 g/mol. The number of aromatic hydroxyl groups is 1. The maximum atomic E-state index is 12.4. The van der Waals surface area contributed by atoms with Gasteiger partial charge in [0.25, 0.3) is 5.91 Å². The summed E-state index contributed by atoms with van der Waals surface area (Å²) in [7, 11) is 0. The van der Waals surface area contributed by atoms with Crippen molar-refractivity contribution in [1.82, 2.24) is 14.8 Å². The molecule has 0 radical (unpaired) electrons. The van der Waals surface area contributed by atoms with Crippen molar-refractivity contribution >= 4 is 16.8 Å². The normalized spacial score (nSPS) is 15.9. The van der Waals surface area contributed by atoms with Crippen molar-refractivity contribution in [3.8, 4) is 5.75 Å². The average Bonchev–Trinajstić information content (AvgIpc) is 3.09. The molecule has 1 aliphatic rings. The molecule has 1 N–H and O–H groups in total. The number of para-hydroxylation sites is 1. The highest BCUT2D eigenvalue weighted by molar-refractivity contribution is 5.91. The van der Waals surface area contributed by atoms with E-state index in [0.717, 1.165) is 37.1 Å². The number of phenols is 1. The molecule has 3 heterocycles. The minimum absolute atomic E-state index is 0.0504. The van der Waals surface area contributed by atoms with Gasteiger partial charge in [0.2, 0.25) is 0 Å². The molecule has 0 atom stereocenters. The molecule has 4 rings (SSSR count). The lowest BCUT2D eigenvalue weighted by Gasteiger charge is -2.21. The van der Waals surface area contributed by atoms with Crippen LogP contribution >= 0.6 is 0 Å². The molecule has 26 heavy (non-hydrogen) atoms. The number of aromatic nitrogens is 1. The average molecular weight is 351 g/mol. The number of carbonyl (C=O) groups is 1. The number of benzene rings is 1. The van der Waals surface area contributed by atoms with E-state index in [1.54, 1.807) is 18.2 Å². The fourth-order valence-electron chi connectivity index (χ4n) is 3.38. The Morgan fingerprint density at radius 2 is 2.00 bits per heavy atom. The second kappa shape index (κ2) is 7.17. The van der Waals surface area contributed by atoms with Gasteiger partial charge in [0.15, 0.2) is 5.76 Å². The zero-order chi connectivity index (χ0) is 17.9. The first-order chi connectivity index (χ1) is 12.7. The Hall–Kier alpha value is -2.86. The summed E-state index contributed by atoms with van der Waals surface area (Å²) in [6.07, 6.45) is 2.43. The minimum atomic E-state index is -0.0504. The van der Waals surface area contributed by atoms with E-state index in [4.69, 9.17) is 4.42 Å². The van der Waals surface area contributed by atoms with E-state index in [0.29, 0.717) is 24.4 Å². The summed E-state index contributed by atoms with van der Waals surface area (Å²) < 4.78 is 5.23. The lowest BCUT2D eigenvalue weighted by Crippen LogP contribution is -2.35. The van der Waals surface area contributed by atoms with Crippen molar-refractivity contribution in [2.45, 2.75) is 13.0 Å². The Labute approximate surface area is 151 Å². The number of carbonyl (C=O) groups excluding carboxylic acids is 1. The van der Waals surface area contributed by atoms with Crippen LogP contribution in [0, 0.1) is 0 Å². The van der Waals surface area contributed by atoms with E-state index in [9.17, 15) is 9.90 Å². The van der Waals surface area contributed by atoms with Gasteiger partial charge in [-0.05, 0) is 30.7 Å². The van der Waals surface area contributed by atoms with Gasteiger partial charge in [-0.25, -0.2) is 4.98 Å². The van der Waals surface area contributed by atoms with Crippen LogP contribution in [0.5, 0.6) is 5.75 Å². The molecular formula is C20H21N3O3. The zero-order valence-corrected chi connectivity index (χ0v) is 14.5. The van der Waals surface area contributed by atoms with E-state index in [1.165, 1.54) is 6.26 Å².